The van der Waals surface area contributed by atoms with E-state index in [9.17, 15) is 5.11 Å². The van der Waals surface area contributed by atoms with Gasteiger partial charge in [-0.1, -0.05) is 30.0 Å². The van der Waals surface area contributed by atoms with Gasteiger partial charge >= 0.3 is 0 Å². The summed E-state index contributed by atoms with van der Waals surface area (Å²) in [6.07, 6.45) is 8.55. The number of fused-ring (bicyclic) bond motifs is 1. The van der Waals surface area contributed by atoms with Crippen LogP contribution in [0.25, 0.3) is 11.2 Å². The van der Waals surface area contributed by atoms with Gasteiger partial charge < -0.3 is 15.4 Å². The maximum atomic E-state index is 9.25. The second-order valence-electron chi connectivity index (χ2n) is 4.94. The van der Waals surface area contributed by atoms with Gasteiger partial charge in [-0.3, -0.25) is 0 Å². The highest BCUT2D eigenvalue weighted by molar-refractivity contribution is 7.99. The number of nitrogens with zero attached hydrogens (tertiary/aromatic N) is 4. The predicted molar refractivity (Wildman–Crippen MR) is 84.0 cm³/mol. The molecule has 21 heavy (non-hydrogen) atoms. The molecule has 1 aliphatic rings. The number of nitrogen functional groups attached to an aromatic ring is 1. The van der Waals surface area contributed by atoms with Crippen LogP contribution >= 0.6 is 11.8 Å². The van der Waals surface area contributed by atoms with Crippen molar-refractivity contribution in [2.45, 2.75) is 17.5 Å². The molecular formula is C14H17N5OS. The van der Waals surface area contributed by atoms with E-state index in [4.69, 9.17) is 5.73 Å². The molecule has 3 N–H and O–H groups in total. The van der Waals surface area contributed by atoms with Crippen LogP contribution in [0.4, 0.5) is 5.95 Å². The molecule has 0 unspecified atom stereocenters. The Kier molecular flexibility index (Phi) is 3.94. The molecular weight excluding hydrogens is 286 g/mol. The van der Waals surface area contributed by atoms with Gasteiger partial charge in [0.15, 0.2) is 5.65 Å². The van der Waals surface area contributed by atoms with Gasteiger partial charge in [-0.2, -0.15) is 4.98 Å². The van der Waals surface area contributed by atoms with E-state index in [0.717, 1.165) is 28.4 Å². The number of rotatable bonds is 5. The average molecular weight is 303 g/mol. The van der Waals surface area contributed by atoms with Crippen molar-refractivity contribution < 1.29 is 5.11 Å². The molecule has 7 heteroatoms. The number of aliphatic hydroxyl groups excluding tert-OH is 1. The molecule has 0 spiro atoms. The number of hydrogen-bond acceptors (Lipinski definition) is 6. The average Bonchev–Trinajstić information content (AvgIpc) is 3.10. The Bertz CT molecular complexity index is 696. The summed E-state index contributed by atoms with van der Waals surface area (Å²) in [4.78, 5) is 13.0. The van der Waals surface area contributed by atoms with Gasteiger partial charge in [-0.25, -0.2) is 9.97 Å². The lowest BCUT2D eigenvalue weighted by Gasteiger charge is -2.12. The molecule has 1 aliphatic carbocycles. The Hall–Kier alpha value is -1.86. The molecule has 0 saturated heterocycles. The minimum absolute atomic E-state index is 0.152. The first kappa shape index (κ1) is 14.1. The van der Waals surface area contributed by atoms with E-state index in [1.54, 1.807) is 18.1 Å². The summed E-state index contributed by atoms with van der Waals surface area (Å²) in [5.74, 6) is 1.19. The van der Waals surface area contributed by atoms with Gasteiger partial charge in [0, 0.05) is 18.3 Å². The number of allylic oxidation sites excluding steroid dienone is 1. The van der Waals surface area contributed by atoms with Crippen molar-refractivity contribution in [2.24, 2.45) is 5.92 Å². The first-order chi connectivity index (χ1) is 10.2. The number of hydrogen-bond donors (Lipinski definition) is 2. The van der Waals surface area contributed by atoms with Gasteiger partial charge in [-0.15, -0.1) is 6.58 Å². The molecule has 6 nitrogen and oxygen atoms in total. The number of thioether (sulfide) groups is 1. The lowest BCUT2D eigenvalue weighted by Crippen LogP contribution is -2.08. The highest BCUT2D eigenvalue weighted by Crippen LogP contribution is 2.32. The maximum absolute atomic E-state index is 9.25. The quantitative estimate of drug-likeness (QED) is 0.497. The molecule has 2 aromatic heterocycles. The Labute approximate surface area is 126 Å². The van der Waals surface area contributed by atoms with Crippen molar-refractivity contribution >= 4 is 28.9 Å². The molecule has 0 fully saturated rings. The molecule has 2 heterocycles. The summed E-state index contributed by atoms with van der Waals surface area (Å²) >= 11 is 1.54. The number of anilines is 1. The second-order valence-corrected chi connectivity index (χ2v) is 5.95. The van der Waals surface area contributed by atoms with E-state index in [0.29, 0.717) is 0 Å². The zero-order valence-electron chi connectivity index (χ0n) is 11.5. The largest absolute Gasteiger partial charge is 0.396 e. The van der Waals surface area contributed by atoms with Crippen LogP contribution in [0, 0.1) is 5.92 Å². The van der Waals surface area contributed by atoms with Crippen LogP contribution in [-0.2, 0) is 0 Å². The van der Waals surface area contributed by atoms with Crippen molar-refractivity contribution in [3.63, 3.8) is 0 Å². The maximum Gasteiger partial charge on any atom is 0.223 e. The fourth-order valence-electron chi connectivity index (χ4n) is 2.48. The smallest absolute Gasteiger partial charge is 0.223 e. The normalized spacial score (nSPS) is 21.2. The molecule has 110 valence electrons. The zero-order chi connectivity index (χ0) is 14.8. The molecule has 0 aliphatic heterocycles. The summed E-state index contributed by atoms with van der Waals surface area (Å²) in [5.41, 5.74) is 7.32. The molecule has 2 aromatic rings. The first-order valence-corrected chi connectivity index (χ1v) is 7.74. The summed E-state index contributed by atoms with van der Waals surface area (Å²) in [7, 11) is 0. The van der Waals surface area contributed by atoms with Crippen LogP contribution in [0.1, 0.15) is 12.5 Å². The van der Waals surface area contributed by atoms with Gasteiger partial charge in [0.2, 0.25) is 5.95 Å². The Morgan fingerprint density at radius 1 is 1.48 bits per heavy atom. The molecule has 0 aromatic carbocycles. The Morgan fingerprint density at radius 2 is 2.33 bits per heavy atom. The van der Waals surface area contributed by atoms with E-state index in [-0.39, 0.29) is 24.5 Å². The lowest BCUT2D eigenvalue weighted by molar-refractivity contribution is 0.244. The highest BCUT2D eigenvalue weighted by atomic mass is 32.2. The minimum Gasteiger partial charge on any atom is -0.396 e. The molecule has 2 atom stereocenters. The summed E-state index contributed by atoms with van der Waals surface area (Å²) in [6, 6.07) is 0.152. The topological polar surface area (TPSA) is 89.9 Å². The summed E-state index contributed by atoms with van der Waals surface area (Å²) < 4.78 is 2.00. The molecule has 0 radical (unpaired) electrons. The van der Waals surface area contributed by atoms with Crippen LogP contribution in [0.3, 0.4) is 0 Å². The first-order valence-electron chi connectivity index (χ1n) is 6.76. The number of aromatic nitrogens is 4. The predicted octanol–water partition coefficient (Wildman–Crippen LogP) is 1.80. The van der Waals surface area contributed by atoms with Crippen LogP contribution in [-0.4, -0.2) is 37.0 Å². The number of imidazole rings is 1. The fraction of sp³-hybridized carbons (Fsp3) is 0.357. The van der Waals surface area contributed by atoms with Gasteiger partial charge in [0.25, 0.3) is 0 Å². The Morgan fingerprint density at radius 3 is 3.05 bits per heavy atom. The second kappa shape index (κ2) is 5.87. The Balaban J connectivity index is 2.00. The fourth-order valence-corrected chi connectivity index (χ4v) is 3.20. The van der Waals surface area contributed by atoms with E-state index >= 15 is 0 Å². The third-order valence-corrected chi connectivity index (χ3v) is 4.45. The van der Waals surface area contributed by atoms with Gasteiger partial charge in [0.05, 0.1) is 12.4 Å². The minimum atomic E-state index is 0.152. The third kappa shape index (κ3) is 2.66. The van der Waals surface area contributed by atoms with Crippen molar-refractivity contribution in [1.29, 1.82) is 0 Å². The standard InChI is InChI=1S/C14H17N5OS/c1-2-5-21-13-11-12(17-14(15)18-13)19(8-16-11)10-4-3-9(6-10)7-20/h2-4,8-10,20H,1,5-7H2,(H2,15,17,18)/t9-,10+/m0/s1. The SMILES string of the molecule is C=CCSc1nc(N)nc2c1ncn2[C@@H]1C=C[C@H](CO)C1. The van der Waals surface area contributed by atoms with E-state index in [1.807, 2.05) is 16.7 Å². The molecule has 3 rings (SSSR count). The van der Waals surface area contributed by atoms with Crippen molar-refractivity contribution in [1.82, 2.24) is 19.5 Å². The number of nitrogens with two attached hydrogens (primary N) is 1. The molecule has 0 saturated carbocycles. The highest BCUT2D eigenvalue weighted by Gasteiger charge is 2.23. The van der Waals surface area contributed by atoms with Gasteiger partial charge in [-0.05, 0) is 6.42 Å². The van der Waals surface area contributed by atoms with E-state index in [2.05, 4.69) is 27.6 Å². The van der Waals surface area contributed by atoms with Crippen molar-refractivity contribution in [2.75, 3.05) is 18.1 Å². The molecule has 0 amide bonds. The van der Waals surface area contributed by atoms with Crippen LogP contribution in [0.15, 0.2) is 36.2 Å². The van der Waals surface area contributed by atoms with E-state index < -0.39 is 0 Å². The van der Waals surface area contributed by atoms with E-state index in [1.165, 1.54) is 0 Å². The zero-order valence-corrected chi connectivity index (χ0v) is 12.3. The van der Waals surface area contributed by atoms with Crippen LogP contribution in [0.5, 0.6) is 0 Å². The number of aliphatic hydroxyl groups is 1. The molecule has 0 bridgehead atoms. The van der Waals surface area contributed by atoms with Crippen LogP contribution in [0.2, 0.25) is 0 Å². The van der Waals surface area contributed by atoms with Crippen LogP contribution < -0.4 is 5.73 Å². The van der Waals surface area contributed by atoms with Gasteiger partial charge in [0.1, 0.15) is 10.5 Å². The van der Waals surface area contributed by atoms with Crippen molar-refractivity contribution in [3.8, 4) is 0 Å². The third-order valence-electron chi connectivity index (χ3n) is 3.49. The van der Waals surface area contributed by atoms with Crippen molar-refractivity contribution in [3.05, 3.63) is 31.1 Å². The lowest BCUT2D eigenvalue weighted by atomic mass is 10.1. The summed E-state index contributed by atoms with van der Waals surface area (Å²) in [5, 5.41) is 10.0. The monoisotopic (exact) mass is 303 g/mol. The summed E-state index contributed by atoms with van der Waals surface area (Å²) in [6.45, 7) is 3.87.